The molecule has 0 aliphatic carbocycles. The monoisotopic (exact) mass is 157 g/mol. The molecule has 11 heavy (non-hydrogen) atoms. The fourth-order valence-electron chi connectivity index (χ4n) is 1.04. The molecular weight excluding hydrogens is 146 g/mol. The lowest BCUT2D eigenvalue weighted by Crippen LogP contribution is -2.25. The van der Waals surface area contributed by atoms with Gasteiger partial charge in [-0.25, -0.2) is 19.0 Å². The summed E-state index contributed by atoms with van der Waals surface area (Å²) in [6, 6.07) is 0.00597. The maximum atomic E-state index is 11.0. The second-order valence-electron chi connectivity index (χ2n) is 2.70. The molecule has 0 aromatic carbocycles. The Bertz CT molecular complexity index is 355. The molecule has 1 rings (SSSR count). The molecule has 1 heterocycles. The van der Waals surface area contributed by atoms with Crippen LogP contribution >= 0.6 is 0 Å². The van der Waals surface area contributed by atoms with E-state index in [-0.39, 0.29) is 17.4 Å². The van der Waals surface area contributed by atoms with Crippen molar-refractivity contribution in [2.45, 2.75) is 19.9 Å². The smallest absolute Gasteiger partial charge is 0.257 e. The van der Waals surface area contributed by atoms with Crippen molar-refractivity contribution >= 4 is 0 Å². The third-order valence-corrected chi connectivity index (χ3v) is 1.53. The Morgan fingerprint density at radius 3 is 2.00 bits per heavy atom. The minimum absolute atomic E-state index is 0.00597. The van der Waals surface area contributed by atoms with Crippen molar-refractivity contribution in [2.75, 3.05) is 0 Å². The van der Waals surface area contributed by atoms with Crippen molar-refractivity contribution in [3.05, 3.63) is 21.0 Å². The predicted octanol–water partition coefficient (Wildman–Crippen LogP) is -0.544. The summed E-state index contributed by atoms with van der Waals surface area (Å²) in [6.45, 7) is 3.68. The number of nitrogens with one attached hydrogen (secondary N) is 1. The number of H-pyrrole nitrogens is 1. The largest absolute Gasteiger partial charge is 0.344 e. The first-order chi connectivity index (χ1) is 5.04. The van der Waals surface area contributed by atoms with E-state index in [1.165, 1.54) is 9.36 Å². The molecule has 0 bridgehead atoms. The first-order valence-corrected chi connectivity index (χ1v) is 3.42. The molecule has 5 nitrogen and oxygen atoms in total. The molecule has 0 atom stereocenters. The fourth-order valence-corrected chi connectivity index (χ4v) is 1.04. The van der Waals surface area contributed by atoms with Gasteiger partial charge >= 0.3 is 11.4 Å². The molecule has 1 aromatic heterocycles. The summed E-state index contributed by atoms with van der Waals surface area (Å²) in [5, 5.41) is 0. The van der Waals surface area contributed by atoms with E-state index in [4.69, 9.17) is 0 Å². The minimum Gasteiger partial charge on any atom is -0.257 e. The van der Waals surface area contributed by atoms with Crippen LogP contribution in [-0.4, -0.2) is 14.3 Å². The van der Waals surface area contributed by atoms with Crippen LogP contribution in [-0.2, 0) is 7.05 Å². The lowest BCUT2D eigenvalue weighted by molar-refractivity contribution is 0.431. The third kappa shape index (κ3) is 1.13. The van der Waals surface area contributed by atoms with Gasteiger partial charge in [-0.1, -0.05) is 0 Å². The zero-order chi connectivity index (χ0) is 8.59. The molecule has 0 unspecified atom stereocenters. The highest BCUT2D eigenvalue weighted by Gasteiger charge is 2.06. The first kappa shape index (κ1) is 7.84. The first-order valence-electron chi connectivity index (χ1n) is 3.42. The maximum Gasteiger partial charge on any atom is 0.344 e. The van der Waals surface area contributed by atoms with Gasteiger partial charge in [-0.2, -0.15) is 0 Å². The Labute approximate surface area is 63.3 Å². The number of aromatic nitrogens is 3. The van der Waals surface area contributed by atoms with Crippen molar-refractivity contribution in [1.29, 1.82) is 0 Å². The summed E-state index contributed by atoms with van der Waals surface area (Å²) < 4.78 is 2.63. The van der Waals surface area contributed by atoms with E-state index in [1.807, 2.05) is 13.8 Å². The SMILES string of the molecule is CC(C)n1c(=O)[nH]c(=O)n1C. The quantitative estimate of drug-likeness (QED) is 0.595. The maximum absolute atomic E-state index is 11.0. The van der Waals surface area contributed by atoms with Crippen molar-refractivity contribution in [3.63, 3.8) is 0 Å². The minimum atomic E-state index is -0.372. The Morgan fingerprint density at radius 2 is 1.82 bits per heavy atom. The standard InChI is InChI=1S/C6H11N3O2/c1-4(2)9-6(11)7-5(10)8(9)3/h4H,1-3H3,(H,7,10,11). The Kier molecular flexibility index (Phi) is 1.72. The lowest BCUT2D eigenvalue weighted by Gasteiger charge is -2.07. The van der Waals surface area contributed by atoms with Crippen LogP contribution in [0, 0.1) is 0 Å². The highest BCUT2D eigenvalue weighted by atomic mass is 16.2. The zero-order valence-corrected chi connectivity index (χ0v) is 6.79. The summed E-state index contributed by atoms with van der Waals surface area (Å²) in [5.74, 6) is 0. The Morgan fingerprint density at radius 1 is 1.27 bits per heavy atom. The molecule has 0 fully saturated rings. The molecule has 0 aliphatic heterocycles. The van der Waals surface area contributed by atoms with Crippen LogP contribution in [0.4, 0.5) is 0 Å². The molecule has 1 aromatic rings. The van der Waals surface area contributed by atoms with Crippen LogP contribution in [0.15, 0.2) is 9.59 Å². The highest BCUT2D eigenvalue weighted by Crippen LogP contribution is 1.94. The lowest BCUT2D eigenvalue weighted by atomic mass is 10.4. The summed E-state index contributed by atoms with van der Waals surface area (Å²) >= 11 is 0. The number of nitrogens with zero attached hydrogens (tertiary/aromatic N) is 2. The van der Waals surface area contributed by atoms with Crippen molar-refractivity contribution in [1.82, 2.24) is 14.3 Å². The van der Waals surface area contributed by atoms with Crippen LogP contribution in [0.3, 0.4) is 0 Å². The molecule has 5 heteroatoms. The van der Waals surface area contributed by atoms with E-state index in [0.29, 0.717) is 0 Å². The molecule has 62 valence electrons. The van der Waals surface area contributed by atoms with Gasteiger partial charge in [-0.3, -0.25) is 4.98 Å². The second-order valence-corrected chi connectivity index (χ2v) is 2.70. The Balaban J connectivity index is 3.47. The van der Waals surface area contributed by atoms with Crippen molar-refractivity contribution < 1.29 is 0 Å². The Hall–Kier alpha value is -1.26. The van der Waals surface area contributed by atoms with E-state index >= 15 is 0 Å². The van der Waals surface area contributed by atoms with E-state index in [0.717, 1.165) is 0 Å². The van der Waals surface area contributed by atoms with Crippen LogP contribution < -0.4 is 11.4 Å². The fraction of sp³-hybridized carbons (Fsp3) is 0.667. The van der Waals surface area contributed by atoms with Gasteiger partial charge in [-0.15, -0.1) is 0 Å². The van der Waals surface area contributed by atoms with Gasteiger partial charge in [0, 0.05) is 13.1 Å². The molecule has 1 N–H and O–H groups in total. The molecule has 0 aliphatic rings. The predicted molar refractivity (Wildman–Crippen MR) is 40.7 cm³/mol. The van der Waals surface area contributed by atoms with Crippen LogP contribution in [0.25, 0.3) is 0 Å². The van der Waals surface area contributed by atoms with Crippen LogP contribution in [0.5, 0.6) is 0 Å². The second kappa shape index (κ2) is 2.41. The van der Waals surface area contributed by atoms with Gasteiger partial charge < -0.3 is 0 Å². The average Bonchev–Trinajstić information content (AvgIpc) is 2.07. The van der Waals surface area contributed by atoms with Crippen molar-refractivity contribution in [3.8, 4) is 0 Å². The molecule has 0 spiro atoms. The van der Waals surface area contributed by atoms with E-state index < -0.39 is 0 Å². The molecule has 0 radical (unpaired) electrons. The number of aromatic amines is 1. The molecule has 0 saturated carbocycles. The third-order valence-electron chi connectivity index (χ3n) is 1.53. The zero-order valence-electron chi connectivity index (χ0n) is 6.79. The normalized spacial score (nSPS) is 10.9. The van der Waals surface area contributed by atoms with Gasteiger partial charge in [-0.05, 0) is 13.8 Å². The molecule has 0 saturated heterocycles. The van der Waals surface area contributed by atoms with Gasteiger partial charge in [0.05, 0.1) is 0 Å². The topological polar surface area (TPSA) is 59.8 Å². The van der Waals surface area contributed by atoms with Gasteiger partial charge in [0.25, 0.3) is 0 Å². The summed E-state index contributed by atoms with van der Waals surface area (Å²) in [4.78, 5) is 24.0. The van der Waals surface area contributed by atoms with E-state index in [9.17, 15) is 9.59 Å². The molecule has 0 amide bonds. The number of hydrogen-bond acceptors (Lipinski definition) is 2. The van der Waals surface area contributed by atoms with E-state index in [1.54, 1.807) is 7.05 Å². The average molecular weight is 157 g/mol. The van der Waals surface area contributed by atoms with E-state index in [2.05, 4.69) is 4.98 Å². The van der Waals surface area contributed by atoms with Gasteiger partial charge in [0.1, 0.15) is 0 Å². The molecular formula is C6H11N3O2. The summed E-state index contributed by atoms with van der Waals surface area (Å²) in [7, 11) is 1.56. The van der Waals surface area contributed by atoms with Gasteiger partial charge in [0.15, 0.2) is 0 Å². The summed E-state index contributed by atoms with van der Waals surface area (Å²) in [5.41, 5.74) is -0.726. The van der Waals surface area contributed by atoms with Gasteiger partial charge in [0.2, 0.25) is 0 Å². The van der Waals surface area contributed by atoms with Crippen LogP contribution in [0.1, 0.15) is 19.9 Å². The highest BCUT2D eigenvalue weighted by molar-refractivity contribution is 4.68. The van der Waals surface area contributed by atoms with Crippen molar-refractivity contribution in [2.24, 2.45) is 7.05 Å². The van der Waals surface area contributed by atoms with Crippen LogP contribution in [0.2, 0.25) is 0 Å². The number of hydrogen-bond donors (Lipinski definition) is 1. The number of rotatable bonds is 1. The summed E-state index contributed by atoms with van der Waals surface area (Å²) in [6.07, 6.45) is 0.